The van der Waals surface area contributed by atoms with Crippen molar-refractivity contribution >= 4 is 22.1 Å². The first-order chi connectivity index (χ1) is 10.6. The van der Waals surface area contributed by atoms with E-state index >= 15 is 0 Å². The van der Waals surface area contributed by atoms with Gasteiger partial charge in [-0.3, -0.25) is 4.99 Å². The van der Waals surface area contributed by atoms with Crippen molar-refractivity contribution < 1.29 is 14.6 Å². The number of benzene rings is 2. The normalized spacial score (nSPS) is 12.4. The molecule has 0 aromatic heterocycles. The molecule has 4 nitrogen and oxygen atoms in total. The van der Waals surface area contributed by atoms with Crippen molar-refractivity contribution in [3.05, 3.63) is 52.0 Å². The number of nitrogens with zero attached hydrogens (tertiary/aromatic N) is 1. The number of methoxy groups -OCH3 is 2. The van der Waals surface area contributed by atoms with Crippen LogP contribution in [0.25, 0.3) is 0 Å². The molecule has 0 heterocycles. The van der Waals surface area contributed by atoms with Gasteiger partial charge in [-0.05, 0) is 52.7 Å². The van der Waals surface area contributed by atoms with E-state index in [9.17, 15) is 5.11 Å². The lowest BCUT2D eigenvalue weighted by atomic mass is 10.1. The molecule has 0 saturated heterocycles. The molecule has 22 heavy (non-hydrogen) atoms. The van der Waals surface area contributed by atoms with E-state index in [0.717, 1.165) is 15.8 Å². The third kappa shape index (κ3) is 3.60. The van der Waals surface area contributed by atoms with Crippen LogP contribution in [0.2, 0.25) is 0 Å². The summed E-state index contributed by atoms with van der Waals surface area (Å²) < 4.78 is 11.2. The molecule has 2 rings (SSSR count). The molecule has 0 spiro atoms. The van der Waals surface area contributed by atoms with E-state index in [0.29, 0.717) is 11.3 Å². The van der Waals surface area contributed by atoms with Gasteiger partial charge in [0.05, 0.1) is 24.7 Å². The minimum atomic E-state index is -0.0483. The SMILES string of the molecule is COc1ccc([C@@H](C)N=Cc2cccc(OC)c2O)cc1Br. The van der Waals surface area contributed by atoms with Crippen molar-refractivity contribution in [3.63, 3.8) is 0 Å². The van der Waals surface area contributed by atoms with Gasteiger partial charge in [-0.25, -0.2) is 0 Å². The maximum atomic E-state index is 10.0. The van der Waals surface area contributed by atoms with Crippen molar-refractivity contribution in [1.29, 1.82) is 0 Å². The Kier molecular flexibility index (Phi) is 5.44. The van der Waals surface area contributed by atoms with Crippen LogP contribution in [0, 0.1) is 0 Å². The molecule has 1 atom stereocenters. The maximum Gasteiger partial charge on any atom is 0.166 e. The van der Waals surface area contributed by atoms with Crippen LogP contribution in [0.15, 0.2) is 45.9 Å². The maximum absolute atomic E-state index is 10.0. The predicted molar refractivity (Wildman–Crippen MR) is 91.4 cm³/mol. The van der Waals surface area contributed by atoms with Crippen LogP contribution < -0.4 is 9.47 Å². The first-order valence-corrected chi connectivity index (χ1v) is 7.58. The fraction of sp³-hybridized carbons (Fsp3) is 0.235. The highest BCUT2D eigenvalue weighted by Crippen LogP contribution is 2.30. The largest absolute Gasteiger partial charge is 0.504 e. The number of phenolic OH excluding ortho intramolecular Hbond substituents is 1. The second kappa shape index (κ2) is 7.31. The summed E-state index contributed by atoms with van der Waals surface area (Å²) in [6.07, 6.45) is 1.65. The van der Waals surface area contributed by atoms with Crippen molar-refractivity contribution in [2.75, 3.05) is 14.2 Å². The average Bonchev–Trinajstić information content (AvgIpc) is 2.53. The van der Waals surface area contributed by atoms with Gasteiger partial charge in [0.15, 0.2) is 11.5 Å². The average molecular weight is 364 g/mol. The highest BCUT2D eigenvalue weighted by molar-refractivity contribution is 9.10. The Balaban J connectivity index is 2.21. The van der Waals surface area contributed by atoms with Gasteiger partial charge in [-0.1, -0.05) is 12.1 Å². The Morgan fingerprint density at radius 2 is 1.86 bits per heavy atom. The van der Waals surface area contributed by atoms with Crippen molar-refractivity contribution in [3.8, 4) is 17.2 Å². The summed E-state index contributed by atoms with van der Waals surface area (Å²) in [6, 6.07) is 11.1. The molecule has 0 radical (unpaired) electrons. The van der Waals surface area contributed by atoms with Gasteiger partial charge >= 0.3 is 0 Å². The molecule has 0 fully saturated rings. The molecule has 0 bridgehead atoms. The van der Waals surface area contributed by atoms with E-state index in [1.807, 2.05) is 31.2 Å². The molecule has 0 unspecified atom stereocenters. The summed E-state index contributed by atoms with van der Waals surface area (Å²) in [4.78, 5) is 4.50. The number of rotatable bonds is 5. The molecule has 0 aliphatic rings. The minimum Gasteiger partial charge on any atom is -0.504 e. The van der Waals surface area contributed by atoms with E-state index in [-0.39, 0.29) is 11.8 Å². The Morgan fingerprint density at radius 1 is 1.14 bits per heavy atom. The summed E-state index contributed by atoms with van der Waals surface area (Å²) >= 11 is 3.47. The second-order valence-corrected chi connectivity index (χ2v) is 5.60. The summed E-state index contributed by atoms with van der Waals surface area (Å²) in [6.45, 7) is 1.99. The zero-order valence-electron chi connectivity index (χ0n) is 12.7. The van der Waals surface area contributed by atoms with E-state index < -0.39 is 0 Å². The van der Waals surface area contributed by atoms with Crippen LogP contribution in [0.5, 0.6) is 17.2 Å². The fourth-order valence-electron chi connectivity index (χ4n) is 2.03. The smallest absolute Gasteiger partial charge is 0.166 e. The molecule has 1 N–H and O–H groups in total. The quantitative estimate of drug-likeness (QED) is 0.803. The number of hydrogen-bond acceptors (Lipinski definition) is 4. The van der Waals surface area contributed by atoms with Gasteiger partial charge in [0.2, 0.25) is 0 Å². The number of aliphatic imine (C=N–C) groups is 1. The number of para-hydroxylation sites is 1. The first kappa shape index (κ1) is 16.4. The van der Waals surface area contributed by atoms with Gasteiger partial charge in [0, 0.05) is 11.8 Å². The lowest BCUT2D eigenvalue weighted by Gasteiger charge is -2.10. The van der Waals surface area contributed by atoms with Crippen LogP contribution in [0.1, 0.15) is 24.1 Å². The fourth-order valence-corrected chi connectivity index (χ4v) is 2.59. The summed E-state index contributed by atoms with van der Waals surface area (Å²) in [5, 5.41) is 10.0. The molecule has 0 amide bonds. The summed E-state index contributed by atoms with van der Waals surface area (Å²) in [7, 11) is 3.15. The van der Waals surface area contributed by atoms with Gasteiger partial charge in [0.1, 0.15) is 5.75 Å². The van der Waals surface area contributed by atoms with Crippen LogP contribution in [-0.2, 0) is 0 Å². The number of hydrogen-bond donors (Lipinski definition) is 1. The molecule has 5 heteroatoms. The zero-order valence-corrected chi connectivity index (χ0v) is 14.3. The van der Waals surface area contributed by atoms with E-state index in [1.165, 1.54) is 7.11 Å². The third-order valence-electron chi connectivity index (χ3n) is 3.35. The number of phenols is 1. The second-order valence-electron chi connectivity index (χ2n) is 4.75. The van der Waals surface area contributed by atoms with Crippen molar-refractivity contribution in [2.24, 2.45) is 4.99 Å². The Hall–Kier alpha value is -2.01. The topological polar surface area (TPSA) is 51.0 Å². The van der Waals surface area contributed by atoms with Gasteiger partial charge in [-0.15, -0.1) is 0 Å². The van der Waals surface area contributed by atoms with Crippen LogP contribution in [-0.4, -0.2) is 25.5 Å². The molecule has 0 aliphatic carbocycles. The lowest BCUT2D eigenvalue weighted by molar-refractivity contribution is 0.373. The molecular formula is C17H18BrNO3. The summed E-state index contributed by atoms with van der Waals surface area (Å²) in [5.74, 6) is 1.31. The third-order valence-corrected chi connectivity index (χ3v) is 3.97. The molecular weight excluding hydrogens is 346 g/mol. The molecule has 2 aromatic carbocycles. The van der Waals surface area contributed by atoms with Crippen LogP contribution in [0.4, 0.5) is 0 Å². The Morgan fingerprint density at radius 3 is 2.50 bits per heavy atom. The number of aromatic hydroxyl groups is 1. The highest BCUT2D eigenvalue weighted by atomic mass is 79.9. The van der Waals surface area contributed by atoms with Gasteiger partial charge < -0.3 is 14.6 Å². The molecule has 2 aromatic rings. The number of halogens is 1. The lowest BCUT2D eigenvalue weighted by Crippen LogP contribution is -1.94. The first-order valence-electron chi connectivity index (χ1n) is 6.79. The minimum absolute atomic E-state index is 0.0483. The molecule has 0 aliphatic heterocycles. The molecule has 0 saturated carbocycles. The zero-order chi connectivity index (χ0) is 16.1. The van der Waals surface area contributed by atoms with E-state index in [1.54, 1.807) is 25.5 Å². The molecule has 116 valence electrons. The predicted octanol–water partition coefficient (Wildman–Crippen LogP) is 4.35. The highest BCUT2D eigenvalue weighted by Gasteiger charge is 2.08. The van der Waals surface area contributed by atoms with Crippen LogP contribution >= 0.6 is 15.9 Å². The standard InChI is InChI=1S/C17H18BrNO3/c1-11(12-7-8-15(21-2)14(18)9-12)19-10-13-5-4-6-16(22-3)17(13)20/h4-11,20H,1-3H3/t11-/m1/s1. The Bertz CT molecular complexity index is 686. The van der Waals surface area contributed by atoms with Crippen LogP contribution in [0.3, 0.4) is 0 Å². The van der Waals surface area contributed by atoms with Gasteiger partial charge in [-0.2, -0.15) is 0 Å². The monoisotopic (exact) mass is 363 g/mol. The van der Waals surface area contributed by atoms with Gasteiger partial charge in [0.25, 0.3) is 0 Å². The van der Waals surface area contributed by atoms with Crippen molar-refractivity contribution in [1.82, 2.24) is 0 Å². The Labute approximate surface area is 138 Å². The summed E-state index contributed by atoms with van der Waals surface area (Å²) in [5.41, 5.74) is 1.67. The van der Waals surface area contributed by atoms with E-state index in [4.69, 9.17) is 9.47 Å². The van der Waals surface area contributed by atoms with Crippen molar-refractivity contribution in [2.45, 2.75) is 13.0 Å². The number of ether oxygens (including phenoxy) is 2. The van der Waals surface area contributed by atoms with E-state index in [2.05, 4.69) is 20.9 Å².